The molecule has 0 radical (unpaired) electrons. The Kier molecular flexibility index (Phi) is 8.30. The van der Waals surface area contributed by atoms with Crippen LogP contribution in [0.5, 0.6) is 5.75 Å². The van der Waals surface area contributed by atoms with Crippen LogP contribution in [0.1, 0.15) is 36.6 Å². The van der Waals surface area contributed by atoms with Gasteiger partial charge in [-0.3, -0.25) is 9.36 Å². The first-order valence-electron chi connectivity index (χ1n) is 12.3. The Balaban J connectivity index is 1.65. The topological polar surface area (TPSA) is 69.9 Å². The number of rotatable bonds is 7. The van der Waals surface area contributed by atoms with Crippen LogP contribution in [-0.4, -0.2) is 17.1 Å². The predicted molar refractivity (Wildman–Crippen MR) is 159 cm³/mol. The van der Waals surface area contributed by atoms with Crippen LogP contribution < -0.4 is 19.6 Å². The zero-order chi connectivity index (χ0) is 27.5. The highest BCUT2D eigenvalue weighted by atomic mass is 79.9. The Morgan fingerprint density at radius 3 is 2.46 bits per heavy atom. The van der Waals surface area contributed by atoms with E-state index < -0.39 is 12.0 Å². The van der Waals surface area contributed by atoms with Crippen molar-refractivity contribution in [2.45, 2.75) is 26.5 Å². The van der Waals surface area contributed by atoms with Crippen molar-refractivity contribution in [3.05, 3.63) is 129 Å². The summed E-state index contributed by atoms with van der Waals surface area (Å²) in [5.74, 6) is 0.144. The molecule has 4 aromatic rings. The lowest BCUT2D eigenvalue weighted by atomic mass is 9.96. The lowest BCUT2D eigenvalue weighted by Crippen LogP contribution is -2.39. The third-order valence-corrected chi connectivity index (χ3v) is 8.21. The maximum atomic E-state index is 13.9. The fraction of sp³-hybridized carbons (Fsp3) is 0.167. The van der Waals surface area contributed by atoms with Crippen molar-refractivity contribution in [1.82, 2.24) is 4.57 Å². The maximum absolute atomic E-state index is 13.9. The molecule has 1 aliphatic heterocycles. The molecule has 1 atom stereocenters. The summed E-state index contributed by atoms with van der Waals surface area (Å²) in [7, 11) is 0. The molecule has 1 aliphatic rings. The van der Waals surface area contributed by atoms with Gasteiger partial charge in [-0.05, 0) is 59.1 Å². The molecule has 0 amide bonds. The molecule has 0 spiro atoms. The third kappa shape index (κ3) is 5.71. The number of carbonyl (C=O) groups is 1. The van der Waals surface area contributed by atoms with E-state index in [0.29, 0.717) is 33.0 Å². The average molecular weight is 668 g/mol. The van der Waals surface area contributed by atoms with E-state index in [4.69, 9.17) is 9.47 Å². The van der Waals surface area contributed by atoms with Gasteiger partial charge in [-0.1, -0.05) is 87.9 Å². The molecule has 9 heteroatoms. The third-order valence-electron chi connectivity index (χ3n) is 6.18. The van der Waals surface area contributed by atoms with Crippen molar-refractivity contribution < 1.29 is 14.3 Å². The van der Waals surface area contributed by atoms with Crippen molar-refractivity contribution in [3.63, 3.8) is 0 Å². The summed E-state index contributed by atoms with van der Waals surface area (Å²) in [5, 5.41) is 0. The highest BCUT2D eigenvalue weighted by Crippen LogP contribution is 2.34. The quantitative estimate of drug-likeness (QED) is 0.230. The van der Waals surface area contributed by atoms with Gasteiger partial charge in [0.25, 0.3) is 5.56 Å². The Labute approximate surface area is 246 Å². The maximum Gasteiger partial charge on any atom is 0.338 e. The number of nitrogens with zero attached hydrogens (tertiary/aromatic N) is 2. The van der Waals surface area contributed by atoms with Crippen LogP contribution in [0, 0.1) is 0 Å². The Morgan fingerprint density at radius 2 is 1.77 bits per heavy atom. The number of thiazole rings is 1. The first-order chi connectivity index (χ1) is 18.9. The van der Waals surface area contributed by atoms with Crippen molar-refractivity contribution in [2.24, 2.45) is 4.99 Å². The van der Waals surface area contributed by atoms with Gasteiger partial charge in [0.05, 0.1) is 32.9 Å². The summed E-state index contributed by atoms with van der Waals surface area (Å²) < 4.78 is 15.2. The molecule has 0 N–H and O–H groups in total. The summed E-state index contributed by atoms with van der Waals surface area (Å²) in [6.45, 7) is 4.14. The van der Waals surface area contributed by atoms with Gasteiger partial charge in [-0.25, -0.2) is 9.79 Å². The number of hydrogen-bond acceptors (Lipinski definition) is 6. The van der Waals surface area contributed by atoms with Crippen LogP contribution in [0.15, 0.2) is 103 Å². The predicted octanol–water partition coefficient (Wildman–Crippen LogP) is 5.90. The van der Waals surface area contributed by atoms with Gasteiger partial charge >= 0.3 is 5.97 Å². The summed E-state index contributed by atoms with van der Waals surface area (Å²) in [6, 6.07) is 22.5. The van der Waals surface area contributed by atoms with E-state index in [1.165, 1.54) is 11.3 Å². The van der Waals surface area contributed by atoms with Crippen LogP contribution in [0.2, 0.25) is 0 Å². The average Bonchev–Trinajstić information content (AvgIpc) is 3.22. The lowest BCUT2D eigenvalue weighted by molar-refractivity contribution is -0.139. The van der Waals surface area contributed by atoms with Crippen molar-refractivity contribution in [1.29, 1.82) is 0 Å². The van der Waals surface area contributed by atoms with Crippen molar-refractivity contribution >= 4 is 55.2 Å². The van der Waals surface area contributed by atoms with Gasteiger partial charge < -0.3 is 9.47 Å². The molecule has 0 fully saturated rings. The molecule has 39 heavy (non-hydrogen) atoms. The number of ether oxygens (including phenoxy) is 2. The monoisotopic (exact) mass is 666 g/mol. The first kappa shape index (κ1) is 27.3. The van der Waals surface area contributed by atoms with Crippen molar-refractivity contribution in [2.75, 3.05) is 6.61 Å². The minimum atomic E-state index is -0.647. The Bertz CT molecular complexity index is 1750. The molecule has 0 bridgehead atoms. The normalized spacial score (nSPS) is 15.1. The van der Waals surface area contributed by atoms with E-state index in [2.05, 4.69) is 36.9 Å². The Morgan fingerprint density at radius 1 is 1.08 bits per heavy atom. The van der Waals surface area contributed by atoms with E-state index in [1.807, 2.05) is 78.9 Å². The minimum absolute atomic E-state index is 0.227. The number of fused-ring (bicyclic) bond motifs is 1. The van der Waals surface area contributed by atoms with Gasteiger partial charge in [0, 0.05) is 10.0 Å². The summed E-state index contributed by atoms with van der Waals surface area (Å²) in [5.41, 5.74) is 3.22. The first-order valence-corrected chi connectivity index (χ1v) is 14.7. The summed E-state index contributed by atoms with van der Waals surface area (Å²) in [6.07, 6.45) is 1.81. The number of benzene rings is 3. The van der Waals surface area contributed by atoms with E-state index in [0.717, 1.165) is 25.6 Å². The number of carbonyl (C=O) groups excluding carboxylic acids is 1. The second-order valence-electron chi connectivity index (χ2n) is 8.79. The van der Waals surface area contributed by atoms with Gasteiger partial charge in [-0.2, -0.15) is 0 Å². The molecule has 6 nitrogen and oxygen atoms in total. The fourth-order valence-corrected chi connectivity index (χ4v) is 6.86. The summed E-state index contributed by atoms with van der Waals surface area (Å²) >= 11 is 8.45. The molecule has 0 saturated heterocycles. The van der Waals surface area contributed by atoms with Gasteiger partial charge in [0.15, 0.2) is 4.80 Å². The van der Waals surface area contributed by atoms with Gasteiger partial charge in [0.1, 0.15) is 12.4 Å². The molecule has 198 valence electrons. The largest absolute Gasteiger partial charge is 0.487 e. The summed E-state index contributed by atoms with van der Waals surface area (Å²) in [4.78, 5) is 32.1. The smallest absolute Gasteiger partial charge is 0.338 e. The number of hydrogen-bond donors (Lipinski definition) is 0. The van der Waals surface area contributed by atoms with Crippen LogP contribution in [0.25, 0.3) is 6.08 Å². The number of aromatic nitrogens is 1. The van der Waals surface area contributed by atoms with Crippen molar-refractivity contribution in [3.8, 4) is 5.75 Å². The molecule has 0 unspecified atom stereocenters. The molecule has 1 aromatic heterocycles. The van der Waals surface area contributed by atoms with Gasteiger partial charge in [0.2, 0.25) is 0 Å². The lowest BCUT2D eigenvalue weighted by Gasteiger charge is -2.24. The molecular weight excluding hydrogens is 644 g/mol. The second-order valence-corrected chi connectivity index (χ2v) is 11.6. The molecule has 5 rings (SSSR count). The highest BCUT2D eigenvalue weighted by molar-refractivity contribution is 9.11. The zero-order valence-corrected chi connectivity index (χ0v) is 25.2. The molecule has 0 saturated carbocycles. The Hall–Kier alpha value is -3.27. The molecule has 2 heterocycles. The minimum Gasteiger partial charge on any atom is -0.487 e. The van der Waals surface area contributed by atoms with E-state index in [9.17, 15) is 9.59 Å². The van der Waals surface area contributed by atoms with E-state index in [-0.39, 0.29) is 12.2 Å². The highest BCUT2D eigenvalue weighted by Gasteiger charge is 2.33. The van der Waals surface area contributed by atoms with Crippen LogP contribution in [0.4, 0.5) is 0 Å². The number of allylic oxidation sites excluding steroid dienone is 1. The van der Waals surface area contributed by atoms with Gasteiger partial charge in [-0.15, -0.1) is 0 Å². The van der Waals surface area contributed by atoms with E-state index >= 15 is 0 Å². The van der Waals surface area contributed by atoms with Crippen LogP contribution >= 0.6 is 43.2 Å². The fourth-order valence-electron chi connectivity index (χ4n) is 4.45. The molecule has 0 aliphatic carbocycles. The SMILES string of the molecule is CCOC(=O)C1=C(C)N=c2s/c(=C\c3cc(Br)cc(Br)c3OCc3ccccc3)c(=O)n2[C@H]1c1ccccc1. The standard InChI is InChI=1S/C30H24Br2N2O4S/c1-3-37-29(36)25-18(2)33-30-34(26(25)20-12-8-5-9-13-20)28(35)24(39-30)15-21-14-22(31)16-23(32)27(21)38-17-19-10-6-4-7-11-19/h4-16,26H,3,17H2,1-2H3/b24-15-/t26-/m0/s1. The molecule has 3 aromatic carbocycles. The van der Waals surface area contributed by atoms with E-state index in [1.54, 1.807) is 18.4 Å². The second kappa shape index (κ2) is 11.9. The number of halogens is 2. The zero-order valence-electron chi connectivity index (χ0n) is 21.2. The molecular formula is C30H24Br2N2O4S. The van der Waals surface area contributed by atoms with Crippen LogP contribution in [-0.2, 0) is 16.1 Å². The number of esters is 1. The van der Waals surface area contributed by atoms with Crippen LogP contribution in [0.3, 0.4) is 0 Å².